The lowest BCUT2D eigenvalue weighted by atomic mass is 10.1. The summed E-state index contributed by atoms with van der Waals surface area (Å²) in [6.45, 7) is 0.293. The average Bonchev–Trinajstić information content (AvgIpc) is 2.51. The zero-order valence-corrected chi connectivity index (χ0v) is 14.4. The lowest BCUT2D eigenvalue weighted by molar-refractivity contribution is -0.118. The van der Waals surface area contributed by atoms with Gasteiger partial charge >= 0.3 is 0 Å². The van der Waals surface area contributed by atoms with Crippen LogP contribution in [0.1, 0.15) is 11.1 Å². The van der Waals surface area contributed by atoms with E-state index in [1.807, 2.05) is 0 Å². The van der Waals surface area contributed by atoms with Crippen molar-refractivity contribution < 1.29 is 17.6 Å². The molecule has 24 heavy (non-hydrogen) atoms. The molecule has 0 bridgehead atoms. The minimum absolute atomic E-state index is 0.213. The maximum Gasteiger partial charge on any atom is 0.235 e. The van der Waals surface area contributed by atoms with Crippen molar-refractivity contribution in [2.24, 2.45) is 0 Å². The lowest BCUT2D eigenvalue weighted by Crippen LogP contribution is -2.32. The van der Waals surface area contributed by atoms with Gasteiger partial charge in [0.05, 0.1) is 5.75 Å². The summed E-state index contributed by atoms with van der Waals surface area (Å²) in [6, 6.07) is 12.4. The van der Waals surface area contributed by atoms with Crippen molar-refractivity contribution in [3.63, 3.8) is 0 Å². The van der Waals surface area contributed by atoms with Gasteiger partial charge in [-0.2, -0.15) is 0 Å². The molecule has 0 saturated heterocycles. The Bertz CT molecular complexity index is 790. The van der Waals surface area contributed by atoms with E-state index < -0.39 is 21.5 Å². The number of sulfone groups is 1. The number of benzene rings is 2. The van der Waals surface area contributed by atoms with Crippen LogP contribution in [0.5, 0.6) is 0 Å². The Balaban J connectivity index is 1.80. The van der Waals surface area contributed by atoms with E-state index in [0.29, 0.717) is 23.6 Å². The molecule has 1 amide bonds. The number of carbonyl (C=O) groups is 1. The molecule has 0 unspecified atom stereocenters. The first-order valence-electron chi connectivity index (χ1n) is 7.30. The predicted molar refractivity (Wildman–Crippen MR) is 92.1 cm³/mol. The summed E-state index contributed by atoms with van der Waals surface area (Å²) in [5.74, 6) is -1.66. The molecule has 2 aromatic rings. The summed E-state index contributed by atoms with van der Waals surface area (Å²) < 4.78 is 36.8. The van der Waals surface area contributed by atoms with Crippen LogP contribution >= 0.6 is 11.6 Å². The van der Waals surface area contributed by atoms with Crippen molar-refractivity contribution in [2.45, 2.75) is 12.2 Å². The SMILES string of the molecule is O=C(CS(=O)(=O)Cc1ccc(Cl)cc1)NCCc1ccc(F)cc1. The van der Waals surface area contributed by atoms with Gasteiger partial charge in [-0.15, -0.1) is 0 Å². The van der Waals surface area contributed by atoms with Gasteiger partial charge in [-0.1, -0.05) is 35.9 Å². The van der Waals surface area contributed by atoms with E-state index in [1.54, 1.807) is 36.4 Å². The molecule has 0 radical (unpaired) electrons. The Morgan fingerprint density at radius 2 is 1.58 bits per heavy atom. The first kappa shape index (κ1) is 18.4. The molecule has 0 heterocycles. The molecule has 2 rings (SSSR count). The van der Waals surface area contributed by atoms with Crippen molar-refractivity contribution in [1.29, 1.82) is 0 Å². The molecule has 0 aliphatic rings. The Morgan fingerprint density at radius 3 is 2.21 bits per heavy atom. The van der Waals surface area contributed by atoms with E-state index in [-0.39, 0.29) is 11.6 Å². The fourth-order valence-corrected chi connectivity index (χ4v) is 3.56. The Morgan fingerprint density at radius 1 is 1.00 bits per heavy atom. The summed E-state index contributed by atoms with van der Waals surface area (Å²) >= 11 is 5.75. The van der Waals surface area contributed by atoms with E-state index in [9.17, 15) is 17.6 Å². The Labute approximate surface area is 145 Å². The van der Waals surface area contributed by atoms with Crippen LogP contribution in [-0.2, 0) is 26.8 Å². The Kier molecular flexibility index (Phi) is 6.34. The molecule has 1 N–H and O–H groups in total. The van der Waals surface area contributed by atoms with Gasteiger partial charge in [-0.3, -0.25) is 4.79 Å². The molecule has 0 aromatic heterocycles. The van der Waals surface area contributed by atoms with Crippen molar-refractivity contribution in [1.82, 2.24) is 5.32 Å². The molecular weight excluding hydrogens is 353 g/mol. The zero-order valence-electron chi connectivity index (χ0n) is 12.8. The number of hydrogen-bond acceptors (Lipinski definition) is 3. The monoisotopic (exact) mass is 369 g/mol. The van der Waals surface area contributed by atoms with Gasteiger partial charge in [-0.25, -0.2) is 12.8 Å². The number of nitrogens with one attached hydrogen (secondary N) is 1. The van der Waals surface area contributed by atoms with E-state index in [4.69, 9.17) is 11.6 Å². The number of halogens is 2. The van der Waals surface area contributed by atoms with E-state index in [0.717, 1.165) is 5.56 Å². The highest BCUT2D eigenvalue weighted by Gasteiger charge is 2.17. The van der Waals surface area contributed by atoms with Crippen LogP contribution in [0.2, 0.25) is 5.02 Å². The minimum Gasteiger partial charge on any atom is -0.355 e. The molecule has 0 aliphatic carbocycles. The summed E-state index contributed by atoms with van der Waals surface area (Å²) in [4.78, 5) is 11.8. The third kappa shape index (κ3) is 6.29. The average molecular weight is 370 g/mol. The third-order valence-corrected chi connectivity index (χ3v) is 5.03. The standard InChI is InChI=1S/C17H17ClFNO3S/c18-15-5-1-14(2-6-15)11-24(22,23)12-17(21)20-10-9-13-3-7-16(19)8-4-13/h1-8H,9-12H2,(H,20,21). The molecule has 0 fully saturated rings. The second kappa shape index (κ2) is 8.26. The Hall–Kier alpha value is -1.92. The number of hydrogen-bond donors (Lipinski definition) is 1. The highest BCUT2D eigenvalue weighted by atomic mass is 35.5. The van der Waals surface area contributed by atoms with Gasteiger partial charge in [-0.05, 0) is 41.8 Å². The van der Waals surface area contributed by atoms with Gasteiger partial charge in [0.25, 0.3) is 0 Å². The number of carbonyl (C=O) groups excluding carboxylic acids is 1. The maximum absolute atomic E-state index is 12.8. The van der Waals surface area contributed by atoms with E-state index in [1.165, 1.54) is 12.1 Å². The van der Waals surface area contributed by atoms with Crippen LogP contribution < -0.4 is 5.32 Å². The van der Waals surface area contributed by atoms with Crippen LogP contribution in [0.4, 0.5) is 4.39 Å². The van der Waals surface area contributed by atoms with Crippen molar-refractivity contribution in [3.05, 3.63) is 70.5 Å². The van der Waals surface area contributed by atoms with Gasteiger partial charge < -0.3 is 5.32 Å². The van der Waals surface area contributed by atoms with Crippen LogP contribution in [0.15, 0.2) is 48.5 Å². The minimum atomic E-state index is -3.55. The smallest absolute Gasteiger partial charge is 0.235 e. The summed E-state index contributed by atoms with van der Waals surface area (Å²) in [5, 5.41) is 3.09. The summed E-state index contributed by atoms with van der Waals surface area (Å²) in [6.07, 6.45) is 0.503. The van der Waals surface area contributed by atoms with Gasteiger partial charge in [0.15, 0.2) is 9.84 Å². The first-order chi connectivity index (χ1) is 11.3. The van der Waals surface area contributed by atoms with Crippen molar-refractivity contribution in [3.8, 4) is 0 Å². The van der Waals surface area contributed by atoms with Crippen LogP contribution in [0.25, 0.3) is 0 Å². The molecule has 128 valence electrons. The van der Waals surface area contributed by atoms with Crippen LogP contribution in [0, 0.1) is 5.82 Å². The van der Waals surface area contributed by atoms with E-state index >= 15 is 0 Å². The second-order valence-electron chi connectivity index (χ2n) is 5.39. The molecule has 0 aliphatic heterocycles. The largest absolute Gasteiger partial charge is 0.355 e. The molecule has 0 atom stereocenters. The predicted octanol–water partition coefficient (Wildman–Crippen LogP) is 2.75. The quantitative estimate of drug-likeness (QED) is 0.816. The van der Waals surface area contributed by atoms with E-state index in [2.05, 4.69) is 5.32 Å². The lowest BCUT2D eigenvalue weighted by Gasteiger charge is -2.07. The van der Waals surface area contributed by atoms with Crippen molar-refractivity contribution >= 4 is 27.3 Å². The fraction of sp³-hybridized carbons (Fsp3) is 0.235. The highest BCUT2D eigenvalue weighted by Crippen LogP contribution is 2.12. The molecule has 4 nitrogen and oxygen atoms in total. The maximum atomic E-state index is 12.8. The van der Waals surface area contributed by atoms with Gasteiger partial charge in [0, 0.05) is 11.6 Å². The summed E-state index contributed by atoms with van der Waals surface area (Å²) in [5.41, 5.74) is 1.44. The summed E-state index contributed by atoms with van der Waals surface area (Å²) in [7, 11) is -3.55. The second-order valence-corrected chi connectivity index (χ2v) is 7.89. The van der Waals surface area contributed by atoms with Gasteiger partial charge in [0.2, 0.25) is 5.91 Å². The molecule has 0 spiro atoms. The van der Waals surface area contributed by atoms with Crippen molar-refractivity contribution in [2.75, 3.05) is 12.3 Å². The topological polar surface area (TPSA) is 63.2 Å². The molecule has 7 heteroatoms. The molecule has 0 saturated carbocycles. The first-order valence-corrected chi connectivity index (χ1v) is 9.50. The zero-order chi connectivity index (χ0) is 17.6. The fourth-order valence-electron chi connectivity index (χ4n) is 2.13. The number of rotatable bonds is 7. The van der Waals surface area contributed by atoms with Crippen LogP contribution in [-0.4, -0.2) is 26.6 Å². The van der Waals surface area contributed by atoms with Crippen LogP contribution in [0.3, 0.4) is 0 Å². The normalized spacial score (nSPS) is 11.2. The van der Waals surface area contributed by atoms with Gasteiger partial charge in [0.1, 0.15) is 11.6 Å². The third-order valence-electron chi connectivity index (χ3n) is 3.30. The molecular formula is C17H17ClFNO3S. The highest BCUT2D eigenvalue weighted by molar-refractivity contribution is 7.91. The number of amides is 1. The molecule has 2 aromatic carbocycles.